The maximum atomic E-state index is 13.8. The van der Waals surface area contributed by atoms with Crippen LogP contribution < -0.4 is 4.90 Å². The van der Waals surface area contributed by atoms with Crippen LogP contribution in [0.2, 0.25) is 0 Å². The van der Waals surface area contributed by atoms with Gasteiger partial charge in [-0.15, -0.1) is 0 Å². The molecule has 1 aliphatic rings. The number of halogens is 1. The van der Waals surface area contributed by atoms with Gasteiger partial charge < -0.3 is 9.80 Å². The van der Waals surface area contributed by atoms with Crippen molar-refractivity contribution in [1.29, 1.82) is 0 Å². The van der Waals surface area contributed by atoms with E-state index in [0.717, 1.165) is 0 Å². The molecule has 0 aliphatic carbocycles. The molecule has 8 heteroatoms. The van der Waals surface area contributed by atoms with E-state index in [2.05, 4.69) is 0 Å². The number of hydrogen-bond acceptors (Lipinski definition) is 4. The van der Waals surface area contributed by atoms with E-state index >= 15 is 0 Å². The first-order chi connectivity index (χ1) is 11.8. The number of carbonyl (C=O) groups is 1. The summed E-state index contributed by atoms with van der Waals surface area (Å²) in [6.45, 7) is 4.70. The van der Waals surface area contributed by atoms with E-state index in [9.17, 15) is 17.6 Å². The summed E-state index contributed by atoms with van der Waals surface area (Å²) in [5.41, 5.74) is 0.556. The number of carbonyl (C=O) groups excluding carboxylic acids is 1. The molecule has 6 nitrogen and oxygen atoms in total. The van der Waals surface area contributed by atoms with Gasteiger partial charge in [0.05, 0.1) is 11.9 Å². The van der Waals surface area contributed by atoms with E-state index in [4.69, 9.17) is 0 Å². The average molecular weight is 371 g/mol. The van der Waals surface area contributed by atoms with Gasteiger partial charge >= 0.3 is 0 Å². The summed E-state index contributed by atoms with van der Waals surface area (Å²) in [5.74, 6) is -0.316. The van der Waals surface area contributed by atoms with Crippen molar-refractivity contribution in [3.05, 3.63) is 30.1 Å². The lowest BCUT2D eigenvalue weighted by atomic mass is 10.2. The Bertz CT molecular complexity index is 688. The molecule has 0 radical (unpaired) electrons. The largest absolute Gasteiger partial charge is 0.366 e. The van der Waals surface area contributed by atoms with E-state index in [1.54, 1.807) is 23.1 Å². The number of piperazine rings is 1. The maximum absolute atomic E-state index is 13.8. The summed E-state index contributed by atoms with van der Waals surface area (Å²) in [4.78, 5) is 16.0. The van der Waals surface area contributed by atoms with Crippen LogP contribution in [0.1, 0.15) is 19.8 Å². The lowest BCUT2D eigenvalue weighted by Crippen LogP contribution is -2.49. The fourth-order valence-corrected chi connectivity index (χ4v) is 3.91. The molecular weight excluding hydrogens is 345 g/mol. The highest BCUT2D eigenvalue weighted by Gasteiger charge is 2.24. The van der Waals surface area contributed by atoms with Gasteiger partial charge in [-0.1, -0.05) is 19.1 Å². The Morgan fingerprint density at radius 3 is 2.36 bits per heavy atom. The molecule has 25 heavy (non-hydrogen) atoms. The molecule has 1 amide bonds. The number of anilines is 1. The molecule has 2 rings (SSSR count). The van der Waals surface area contributed by atoms with Gasteiger partial charge in [0, 0.05) is 45.7 Å². The first-order valence-corrected chi connectivity index (χ1v) is 10.4. The molecule has 1 heterocycles. The highest BCUT2D eigenvalue weighted by Crippen LogP contribution is 2.20. The molecule has 0 atom stereocenters. The van der Waals surface area contributed by atoms with Gasteiger partial charge in [0.1, 0.15) is 5.82 Å². The molecule has 0 bridgehead atoms. The summed E-state index contributed by atoms with van der Waals surface area (Å²) in [6.07, 6.45) is 2.05. The molecule has 1 aliphatic heterocycles. The van der Waals surface area contributed by atoms with Crippen LogP contribution in [0.4, 0.5) is 10.1 Å². The van der Waals surface area contributed by atoms with E-state index in [-0.39, 0.29) is 24.7 Å². The molecule has 0 spiro atoms. The van der Waals surface area contributed by atoms with Crippen LogP contribution >= 0.6 is 0 Å². The Balaban J connectivity index is 1.86. The van der Waals surface area contributed by atoms with E-state index in [1.807, 2.05) is 11.8 Å². The number of benzene rings is 1. The van der Waals surface area contributed by atoms with Crippen molar-refractivity contribution in [1.82, 2.24) is 9.21 Å². The van der Waals surface area contributed by atoms with Crippen molar-refractivity contribution in [3.8, 4) is 0 Å². The van der Waals surface area contributed by atoms with Crippen LogP contribution in [0.3, 0.4) is 0 Å². The molecular formula is C17H26FN3O3S. The number of hydrogen-bond donors (Lipinski definition) is 0. The Morgan fingerprint density at radius 2 is 1.80 bits per heavy atom. The predicted octanol–water partition coefficient (Wildman–Crippen LogP) is 1.54. The third-order valence-electron chi connectivity index (χ3n) is 4.34. The van der Waals surface area contributed by atoms with Gasteiger partial charge in [0.15, 0.2) is 0 Å². The number of nitrogens with zero attached hydrogens (tertiary/aromatic N) is 3. The normalized spacial score (nSPS) is 15.7. The molecule has 1 saturated heterocycles. The zero-order valence-corrected chi connectivity index (χ0v) is 15.6. The molecule has 1 aromatic rings. The second kappa shape index (κ2) is 8.62. The standard InChI is InChI=1S/C17H26FN3O3S/c1-3-9-21(25(2,23)24)10-8-17(22)20-13-11-19(12-14-20)16-7-5-4-6-15(16)18/h4-7H,3,8-14H2,1-2H3. The smallest absolute Gasteiger partial charge is 0.224 e. The molecule has 140 valence electrons. The van der Waals surface area contributed by atoms with Gasteiger partial charge in [0.25, 0.3) is 0 Å². The highest BCUT2D eigenvalue weighted by atomic mass is 32.2. The Morgan fingerprint density at radius 1 is 1.16 bits per heavy atom. The van der Waals surface area contributed by atoms with Crippen molar-refractivity contribution in [2.45, 2.75) is 19.8 Å². The lowest BCUT2D eigenvalue weighted by molar-refractivity contribution is -0.131. The van der Waals surface area contributed by atoms with Gasteiger partial charge in [-0.25, -0.2) is 17.1 Å². The first kappa shape index (κ1) is 19.7. The topological polar surface area (TPSA) is 60.9 Å². The Kier molecular flexibility index (Phi) is 6.78. The third-order valence-corrected chi connectivity index (χ3v) is 5.65. The summed E-state index contributed by atoms with van der Waals surface area (Å²) < 4.78 is 38.6. The van der Waals surface area contributed by atoms with Crippen molar-refractivity contribution in [2.75, 3.05) is 50.4 Å². The number of rotatable bonds is 7. The summed E-state index contributed by atoms with van der Waals surface area (Å²) in [7, 11) is -3.29. The number of amides is 1. The SMILES string of the molecule is CCCN(CCC(=O)N1CCN(c2ccccc2F)CC1)S(C)(=O)=O. The zero-order chi connectivity index (χ0) is 18.4. The van der Waals surface area contributed by atoms with E-state index in [0.29, 0.717) is 44.8 Å². The van der Waals surface area contributed by atoms with Gasteiger partial charge in [-0.05, 0) is 18.6 Å². The first-order valence-electron chi connectivity index (χ1n) is 8.55. The Labute approximate surface area is 149 Å². The van der Waals surface area contributed by atoms with Crippen molar-refractivity contribution < 1.29 is 17.6 Å². The predicted molar refractivity (Wildman–Crippen MR) is 96.5 cm³/mol. The van der Waals surface area contributed by atoms with E-state index in [1.165, 1.54) is 16.6 Å². The lowest BCUT2D eigenvalue weighted by Gasteiger charge is -2.36. The van der Waals surface area contributed by atoms with Gasteiger partial charge in [0.2, 0.25) is 15.9 Å². The minimum absolute atomic E-state index is 0.0575. The summed E-state index contributed by atoms with van der Waals surface area (Å²) in [5, 5.41) is 0. The van der Waals surface area contributed by atoms with Crippen LogP contribution in [0.5, 0.6) is 0 Å². The van der Waals surface area contributed by atoms with Crippen molar-refractivity contribution >= 4 is 21.6 Å². The molecule has 0 aromatic heterocycles. The van der Waals surface area contributed by atoms with Crippen molar-refractivity contribution in [3.63, 3.8) is 0 Å². The fourth-order valence-electron chi connectivity index (χ4n) is 2.98. The minimum atomic E-state index is -3.29. The van der Waals surface area contributed by atoms with Crippen LogP contribution in [-0.4, -0.2) is 69.1 Å². The molecule has 1 aromatic carbocycles. The third kappa shape index (κ3) is 5.40. The highest BCUT2D eigenvalue weighted by molar-refractivity contribution is 7.88. The summed E-state index contributed by atoms with van der Waals surface area (Å²) >= 11 is 0. The minimum Gasteiger partial charge on any atom is -0.366 e. The molecule has 0 N–H and O–H groups in total. The maximum Gasteiger partial charge on any atom is 0.224 e. The van der Waals surface area contributed by atoms with Gasteiger partial charge in [-0.2, -0.15) is 0 Å². The molecule has 0 saturated carbocycles. The van der Waals surface area contributed by atoms with Crippen LogP contribution in [-0.2, 0) is 14.8 Å². The molecule has 0 unspecified atom stereocenters. The monoisotopic (exact) mass is 371 g/mol. The van der Waals surface area contributed by atoms with Crippen LogP contribution in [0.15, 0.2) is 24.3 Å². The second-order valence-electron chi connectivity index (χ2n) is 6.23. The van der Waals surface area contributed by atoms with Crippen molar-refractivity contribution in [2.24, 2.45) is 0 Å². The fraction of sp³-hybridized carbons (Fsp3) is 0.588. The number of sulfonamides is 1. The van der Waals surface area contributed by atoms with E-state index < -0.39 is 10.0 Å². The second-order valence-corrected chi connectivity index (χ2v) is 8.21. The quantitative estimate of drug-likeness (QED) is 0.729. The molecule has 1 fully saturated rings. The van der Waals surface area contributed by atoms with Gasteiger partial charge in [-0.3, -0.25) is 4.79 Å². The van der Waals surface area contributed by atoms with Crippen LogP contribution in [0.25, 0.3) is 0 Å². The van der Waals surface area contributed by atoms with Crippen LogP contribution in [0, 0.1) is 5.82 Å². The summed E-state index contributed by atoms with van der Waals surface area (Å²) in [6, 6.07) is 6.62. The zero-order valence-electron chi connectivity index (χ0n) is 14.8. The Hall–Kier alpha value is -1.67. The average Bonchev–Trinajstić information content (AvgIpc) is 2.58. The number of para-hydroxylation sites is 1.